The van der Waals surface area contributed by atoms with Gasteiger partial charge in [0.05, 0.1) is 5.75 Å². The van der Waals surface area contributed by atoms with Crippen LogP contribution in [0.5, 0.6) is 0 Å². The Kier molecular flexibility index (Phi) is 7.43. The zero-order valence-corrected chi connectivity index (χ0v) is 22.3. The van der Waals surface area contributed by atoms with Crippen LogP contribution in [0.2, 0.25) is 0 Å². The summed E-state index contributed by atoms with van der Waals surface area (Å²) in [6.45, 7) is 6.57. The molecule has 8 nitrogen and oxygen atoms in total. The topological polar surface area (TPSA) is 144 Å². The molecule has 5 N–H and O–H groups in total. The molecule has 0 saturated heterocycles. The minimum absolute atomic E-state index is 0.0794. The minimum atomic E-state index is -4.08. The van der Waals surface area contributed by atoms with Crippen LogP contribution in [0.15, 0.2) is 0 Å². The third kappa shape index (κ3) is 4.69. The van der Waals surface area contributed by atoms with Crippen molar-refractivity contribution in [1.29, 1.82) is 0 Å². The monoisotopic (exact) mass is 515 g/mol. The summed E-state index contributed by atoms with van der Waals surface area (Å²) in [4.78, 5) is 12.2. The highest BCUT2D eigenvalue weighted by molar-refractivity contribution is 7.85. The molecule has 0 aromatic heterocycles. The van der Waals surface area contributed by atoms with Crippen molar-refractivity contribution in [3.8, 4) is 0 Å². The molecule has 0 aliphatic heterocycles. The molecule has 35 heavy (non-hydrogen) atoms. The van der Waals surface area contributed by atoms with Gasteiger partial charge in [-0.25, -0.2) is 0 Å². The minimum Gasteiger partial charge on any atom is -0.387 e. The van der Waals surface area contributed by atoms with Crippen molar-refractivity contribution in [3.63, 3.8) is 0 Å². The number of hydrogen-bond donors (Lipinski definition) is 5. The van der Waals surface area contributed by atoms with Crippen molar-refractivity contribution in [2.45, 2.75) is 96.9 Å². The molecule has 1 amide bonds. The highest BCUT2D eigenvalue weighted by Gasteiger charge is 2.67. The second-order valence-electron chi connectivity index (χ2n) is 12.6. The molecule has 4 saturated carbocycles. The fourth-order valence-corrected chi connectivity index (χ4v) is 9.67. The number of aliphatic hydroxyl groups excluding tert-OH is 1. The number of carbonyl (C=O) groups is 1. The quantitative estimate of drug-likeness (QED) is 0.259. The summed E-state index contributed by atoms with van der Waals surface area (Å²) in [6, 6.07) is 0. The maximum atomic E-state index is 12.2. The van der Waals surface area contributed by atoms with Crippen LogP contribution in [0.25, 0.3) is 0 Å². The SMILES string of the molecule is C[C@H](CCC(=O)NCCS(=O)(=O)O)[C@H]1CC[C@H]2[C@@H]3CC[C@@H]4CC[C@H](O)C(O)(O)[C@]4(C)[C@H]3CC[C@]12C. The van der Waals surface area contributed by atoms with E-state index < -0.39 is 33.2 Å². The van der Waals surface area contributed by atoms with E-state index in [0.717, 1.165) is 51.4 Å². The van der Waals surface area contributed by atoms with E-state index in [4.69, 9.17) is 4.55 Å². The van der Waals surface area contributed by atoms with Crippen LogP contribution in [-0.4, -0.2) is 58.4 Å². The lowest BCUT2D eigenvalue weighted by Gasteiger charge is -2.64. The molecule has 202 valence electrons. The molecule has 4 aliphatic carbocycles. The van der Waals surface area contributed by atoms with Crippen molar-refractivity contribution < 1.29 is 33.1 Å². The summed E-state index contributed by atoms with van der Waals surface area (Å²) in [5, 5.41) is 35.4. The Labute approximate surface area is 210 Å². The second-order valence-corrected chi connectivity index (χ2v) is 14.2. The van der Waals surface area contributed by atoms with Crippen LogP contribution in [0.1, 0.15) is 85.0 Å². The maximum Gasteiger partial charge on any atom is 0.266 e. The standard InChI is InChI=1S/C26H45NO7S/c1-16(4-11-23(29)27-14-15-35(32,33)34)19-8-9-20-18-7-5-17-6-10-22(28)26(30,31)25(17,3)21(18)12-13-24(19,20)2/h16-22,28,30-31H,4-15H2,1-3H3,(H,27,29)(H,32,33,34)/t16-,17-,18+,19-,20+,21+,22+,24-,25+/m1/s1. The van der Waals surface area contributed by atoms with Gasteiger partial charge in [-0.2, -0.15) is 8.42 Å². The Morgan fingerprint density at radius 1 is 1.03 bits per heavy atom. The van der Waals surface area contributed by atoms with E-state index in [1.165, 1.54) is 0 Å². The molecule has 0 aromatic rings. The lowest BCUT2D eigenvalue weighted by molar-refractivity contribution is -0.349. The van der Waals surface area contributed by atoms with E-state index in [9.17, 15) is 28.5 Å². The number of amides is 1. The Morgan fingerprint density at radius 2 is 1.71 bits per heavy atom. The van der Waals surface area contributed by atoms with Crippen molar-refractivity contribution in [2.24, 2.45) is 46.3 Å². The van der Waals surface area contributed by atoms with Crippen molar-refractivity contribution in [3.05, 3.63) is 0 Å². The molecule has 0 radical (unpaired) electrons. The largest absolute Gasteiger partial charge is 0.387 e. The average molecular weight is 516 g/mol. The number of carbonyl (C=O) groups excluding carboxylic acids is 1. The van der Waals surface area contributed by atoms with Crippen molar-refractivity contribution in [2.75, 3.05) is 12.3 Å². The van der Waals surface area contributed by atoms with Gasteiger partial charge in [-0.1, -0.05) is 20.8 Å². The second kappa shape index (κ2) is 9.53. The van der Waals surface area contributed by atoms with Crippen LogP contribution in [-0.2, 0) is 14.9 Å². The first-order valence-corrected chi connectivity index (χ1v) is 15.2. The first-order chi connectivity index (χ1) is 16.2. The molecule has 0 aromatic carbocycles. The van der Waals surface area contributed by atoms with Crippen LogP contribution >= 0.6 is 0 Å². The van der Waals surface area contributed by atoms with Gasteiger partial charge in [-0.3, -0.25) is 9.35 Å². The fourth-order valence-electron chi connectivity index (χ4n) is 9.31. The fraction of sp³-hybridized carbons (Fsp3) is 0.962. The first kappa shape index (κ1) is 27.3. The Morgan fingerprint density at radius 3 is 2.40 bits per heavy atom. The van der Waals surface area contributed by atoms with Gasteiger partial charge in [0.1, 0.15) is 6.10 Å². The Balaban J connectivity index is 1.41. The summed E-state index contributed by atoms with van der Waals surface area (Å²) < 4.78 is 30.5. The number of fused-ring (bicyclic) bond motifs is 5. The molecule has 4 rings (SSSR count). The lowest BCUT2D eigenvalue weighted by atomic mass is 9.43. The number of nitrogens with one attached hydrogen (secondary N) is 1. The summed E-state index contributed by atoms with van der Waals surface area (Å²) in [7, 11) is -4.08. The molecule has 9 heteroatoms. The lowest BCUT2D eigenvalue weighted by Crippen LogP contribution is -2.68. The van der Waals surface area contributed by atoms with Crippen molar-refractivity contribution >= 4 is 16.0 Å². The van der Waals surface area contributed by atoms with Crippen LogP contribution < -0.4 is 5.32 Å². The number of rotatable bonds is 7. The average Bonchev–Trinajstić information content (AvgIpc) is 3.12. The number of hydrogen-bond acceptors (Lipinski definition) is 6. The van der Waals surface area contributed by atoms with E-state index in [0.29, 0.717) is 36.5 Å². The molecular formula is C26H45NO7S. The molecule has 0 bridgehead atoms. The van der Waals surface area contributed by atoms with Crippen LogP contribution in [0.3, 0.4) is 0 Å². The summed E-state index contributed by atoms with van der Waals surface area (Å²) in [5.74, 6) is -0.464. The van der Waals surface area contributed by atoms with E-state index in [1.54, 1.807) is 0 Å². The Bertz CT molecular complexity index is 907. The van der Waals surface area contributed by atoms with Gasteiger partial charge in [0, 0.05) is 18.4 Å². The maximum absolute atomic E-state index is 12.2. The van der Waals surface area contributed by atoms with Gasteiger partial charge in [0.15, 0.2) is 5.79 Å². The van der Waals surface area contributed by atoms with Crippen molar-refractivity contribution in [1.82, 2.24) is 5.32 Å². The zero-order valence-electron chi connectivity index (χ0n) is 21.4. The van der Waals surface area contributed by atoms with Gasteiger partial charge in [-0.05, 0) is 98.7 Å². The predicted octanol–water partition coefficient (Wildman–Crippen LogP) is 2.72. The third-order valence-corrected chi connectivity index (χ3v) is 11.9. The Hall–Kier alpha value is -0.740. The van der Waals surface area contributed by atoms with E-state index in [-0.39, 0.29) is 29.7 Å². The summed E-state index contributed by atoms with van der Waals surface area (Å²) in [6.07, 6.45) is 7.62. The molecule has 4 fully saturated rings. The molecular weight excluding hydrogens is 470 g/mol. The van der Waals surface area contributed by atoms with E-state index in [2.05, 4.69) is 19.2 Å². The highest BCUT2D eigenvalue weighted by Crippen LogP contribution is 2.69. The number of aliphatic hydroxyl groups is 3. The van der Waals surface area contributed by atoms with Crippen LogP contribution in [0, 0.1) is 46.3 Å². The van der Waals surface area contributed by atoms with E-state index >= 15 is 0 Å². The zero-order chi connectivity index (χ0) is 25.8. The van der Waals surface area contributed by atoms with Gasteiger partial charge in [0.2, 0.25) is 5.91 Å². The predicted molar refractivity (Wildman–Crippen MR) is 132 cm³/mol. The summed E-state index contributed by atoms with van der Waals surface area (Å²) in [5.41, 5.74) is -0.523. The molecule has 0 heterocycles. The van der Waals surface area contributed by atoms with Gasteiger partial charge < -0.3 is 20.6 Å². The third-order valence-electron chi connectivity index (χ3n) is 11.2. The van der Waals surface area contributed by atoms with Crippen LogP contribution in [0.4, 0.5) is 0 Å². The van der Waals surface area contributed by atoms with Gasteiger partial charge >= 0.3 is 0 Å². The van der Waals surface area contributed by atoms with E-state index in [1.807, 2.05) is 6.92 Å². The molecule has 4 aliphatic rings. The van der Waals surface area contributed by atoms with Gasteiger partial charge in [-0.15, -0.1) is 0 Å². The highest BCUT2D eigenvalue weighted by atomic mass is 32.2. The molecule has 9 atom stereocenters. The summed E-state index contributed by atoms with van der Waals surface area (Å²) >= 11 is 0. The normalized spacial score (nSPS) is 43.5. The molecule has 0 spiro atoms. The first-order valence-electron chi connectivity index (χ1n) is 13.6. The molecule has 0 unspecified atom stereocenters. The van der Waals surface area contributed by atoms with Gasteiger partial charge in [0.25, 0.3) is 10.1 Å². The smallest absolute Gasteiger partial charge is 0.266 e.